The number of hydrogen-bond acceptors (Lipinski definition) is 5. The van der Waals surface area contributed by atoms with Crippen molar-refractivity contribution in [3.8, 4) is 0 Å². The Bertz CT molecular complexity index is 889. The molecule has 6 heteroatoms. The summed E-state index contributed by atoms with van der Waals surface area (Å²) in [7, 11) is 0. The van der Waals surface area contributed by atoms with Gasteiger partial charge >= 0.3 is 5.63 Å². The minimum atomic E-state index is -0.335. The van der Waals surface area contributed by atoms with Crippen LogP contribution in [0, 0.1) is 19.8 Å². The fourth-order valence-corrected chi connectivity index (χ4v) is 3.70. The van der Waals surface area contributed by atoms with E-state index >= 15 is 0 Å². The van der Waals surface area contributed by atoms with E-state index in [1.807, 2.05) is 13.0 Å². The molecule has 2 aliphatic heterocycles. The Balaban J connectivity index is 1.69. The summed E-state index contributed by atoms with van der Waals surface area (Å²) in [6.07, 6.45) is 0. The highest BCUT2D eigenvalue weighted by molar-refractivity contribution is 5.82. The Morgan fingerprint density at radius 1 is 1.12 bits per heavy atom. The number of nitrogens with zero attached hydrogens (tertiary/aromatic N) is 1. The van der Waals surface area contributed by atoms with E-state index < -0.39 is 0 Å². The van der Waals surface area contributed by atoms with Gasteiger partial charge in [-0.25, -0.2) is 4.79 Å². The van der Waals surface area contributed by atoms with Crippen molar-refractivity contribution >= 4 is 16.9 Å². The molecule has 1 amide bonds. The second-order valence-corrected chi connectivity index (χ2v) is 7.16. The highest BCUT2D eigenvalue weighted by Crippen LogP contribution is 2.24. The summed E-state index contributed by atoms with van der Waals surface area (Å²) >= 11 is 0. The number of hydrogen-bond donors (Lipinski definition) is 1. The predicted octanol–water partition coefficient (Wildman–Crippen LogP) is 1.36. The molecule has 2 bridgehead atoms. The van der Waals surface area contributed by atoms with E-state index in [0.29, 0.717) is 31.9 Å². The zero-order chi connectivity index (χ0) is 17.6. The van der Waals surface area contributed by atoms with Gasteiger partial charge in [0.05, 0.1) is 25.2 Å². The standard InChI is InChI=1S/C19H22N2O4/c1-11-3-16-13(5-18(22)25-17(16)4-12(11)2)6-21-7-14-9-24-10-15(8-21)20-19(14)23/h3-5,14-15H,6-10H2,1-2H3,(H,20,23)/t14-,15+/m1/s1. The van der Waals surface area contributed by atoms with Crippen molar-refractivity contribution in [3.63, 3.8) is 0 Å². The van der Waals surface area contributed by atoms with Crippen molar-refractivity contribution in [2.45, 2.75) is 26.4 Å². The molecule has 0 saturated carbocycles. The number of rotatable bonds is 2. The Hall–Kier alpha value is -2.18. The van der Waals surface area contributed by atoms with Crippen molar-refractivity contribution in [2.75, 3.05) is 26.3 Å². The molecule has 2 atom stereocenters. The average Bonchev–Trinajstić information content (AvgIpc) is 2.78. The number of amides is 1. The summed E-state index contributed by atoms with van der Waals surface area (Å²) in [5, 5.41) is 4.00. The summed E-state index contributed by atoms with van der Waals surface area (Å²) in [6.45, 7) is 7.02. The average molecular weight is 342 g/mol. The summed E-state index contributed by atoms with van der Waals surface area (Å²) in [6, 6.07) is 5.57. The maximum absolute atomic E-state index is 12.2. The van der Waals surface area contributed by atoms with Crippen molar-refractivity contribution in [2.24, 2.45) is 5.92 Å². The van der Waals surface area contributed by atoms with Crippen LogP contribution < -0.4 is 10.9 Å². The van der Waals surface area contributed by atoms with Gasteiger partial charge in [0.2, 0.25) is 5.91 Å². The zero-order valence-corrected chi connectivity index (χ0v) is 14.5. The van der Waals surface area contributed by atoms with Gasteiger partial charge in [0.1, 0.15) is 5.58 Å². The predicted molar refractivity (Wildman–Crippen MR) is 93.5 cm³/mol. The second-order valence-electron chi connectivity index (χ2n) is 7.16. The van der Waals surface area contributed by atoms with Crippen molar-refractivity contribution in [1.29, 1.82) is 0 Å². The smallest absolute Gasteiger partial charge is 0.336 e. The number of benzene rings is 1. The lowest BCUT2D eigenvalue weighted by Crippen LogP contribution is -2.41. The normalized spacial score (nSPS) is 24.2. The van der Waals surface area contributed by atoms with E-state index in [4.69, 9.17) is 9.15 Å². The molecular weight excluding hydrogens is 320 g/mol. The van der Waals surface area contributed by atoms with Crippen LogP contribution in [0.4, 0.5) is 0 Å². The second kappa shape index (κ2) is 6.28. The summed E-state index contributed by atoms with van der Waals surface area (Å²) in [5.74, 6) is -0.100. The number of nitrogens with one attached hydrogen (secondary N) is 1. The molecule has 132 valence electrons. The maximum atomic E-state index is 12.2. The first kappa shape index (κ1) is 16.3. The lowest BCUT2D eigenvalue weighted by molar-refractivity contribution is -0.125. The maximum Gasteiger partial charge on any atom is 0.336 e. The van der Waals surface area contributed by atoms with E-state index in [1.165, 1.54) is 5.56 Å². The zero-order valence-electron chi connectivity index (χ0n) is 14.5. The van der Waals surface area contributed by atoms with E-state index in [2.05, 4.69) is 23.2 Å². The van der Waals surface area contributed by atoms with Gasteiger partial charge in [-0.15, -0.1) is 0 Å². The molecule has 1 aromatic heterocycles. The highest BCUT2D eigenvalue weighted by Gasteiger charge is 2.33. The molecule has 2 fully saturated rings. The van der Waals surface area contributed by atoms with Crippen LogP contribution in [0.1, 0.15) is 16.7 Å². The monoisotopic (exact) mass is 342 g/mol. The van der Waals surface area contributed by atoms with Crippen LogP contribution in [-0.4, -0.2) is 43.2 Å². The van der Waals surface area contributed by atoms with Gasteiger partial charge in [-0.1, -0.05) is 0 Å². The molecular formula is C19H22N2O4. The quantitative estimate of drug-likeness (QED) is 0.835. The lowest BCUT2D eigenvalue weighted by atomic mass is 10.0. The number of carbonyl (C=O) groups excluding carboxylic acids is 1. The molecule has 2 saturated heterocycles. The number of fused-ring (bicyclic) bond motifs is 4. The summed E-state index contributed by atoms with van der Waals surface area (Å²) < 4.78 is 11.0. The third kappa shape index (κ3) is 3.19. The minimum absolute atomic E-state index is 0.00429. The first-order chi connectivity index (χ1) is 12.0. The Morgan fingerprint density at radius 3 is 2.76 bits per heavy atom. The van der Waals surface area contributed by atoms with Crippen LogP contribution in [0.15, 0.2) is 27.4 Å². The van der Waals surface area contributed by atoms with Gasteiger partial charge in [0.15, 0.2) is 0 Å². The first-order valence-corrected chi connectivity index (χ1v) is 8.64. The van der Waals surface area contributed by atoms with E-state index in [-0.39, 0.29) is 23.5 Å². The van der Waals surface area contributed by atoms with Gasteiger partial charge in [0, 0.05) is 31.1 Å². The Labute approximate surface area is 145 Å². The van der Waals surface area contributed by atoms with Gasteiger partial charge in [-0.2, -0.15) is 0 Å². The van der Waals surface area contributed by atoms with Gasteiger partial charge < -0.3 is 14.5 Å². The molecule has 3 heterocycles. The molecule has 0 unspecified atom stereocenters. The van der Waals surface area contributed by atoms with Crippen LogP contribution in [-0.2, 0) is 16.1 Å². The Morgan fingerprint density at radius 2 is 1.92 bits per heavy atom. The molecule has 6 nitrogen and oxygen atoms in total. The SMILES string of the molecule is Cc1cc2oc(=O)cc(CN3C[C@H]4COC[C@@H](C3)C(=O)N4)c2cc1C. The molecule has 0 radical (unpaired) electrons. The molecule has 2 aliphatic rings. The molecule has 1 aromatic carbocycles. The number of aryl methyl sites for hydroxylation is 2. The van der Waals surface area contributed by atoms with Crippen LogP contribution >= 0.6 is 0 Å². The third-order valence-corrected chi connectivity index (χ3v) is 5.15. The minimum Gasteiger partial charge on any atom is -0.423 e. The van der Waals surface area contributed by atoms with Crippen molar-refractivity contribution in [1.82, 2.24) is 10.2 Å². The first-order valence-electron chi connectivity index (χ1n) is 8.64. The number of carbonyl (C=O) groups is 1. The van der Waals surface area contributed by atoms with Gasteiger partial charge in [0.25, 0.3) is 0 Å². The largest absolute Gasteiger partial charge is 0.423 e. The topological polar surface area (TPSA) is 71.8 Å². The van der Waals surface area contributed by atoms with Crippen molar-refractivity contribution < 1.29 is 13.9 Å². The van der Waals surface area contributed by atoms with E-state index in [9.17, 15) is 9.59 Å². The van der Waals surface area contributed by atoms with Crippen LogP contribution in [0.2, 0.25) is 0 Å². The van der Waals surface area contributed by atoms with E-state index in [0.717, 1.165) is 23.1 Å². The summed E-state index contributed by atoms with van der Waals surface area (Å²) in [5.41, 5.74) is 3.50. The van der Waals surface area contributed by atoms with Crippen LogP contribution in [0.5, 0.6) is 0 Å². The fourth-order valence-electron chi connectivity index (χ4n) is 3.70. The molecule has 1 N–H and O–H groups in total. The molecule has 2 aromatic rings. The molecule has 0 aliphatic carbocycles. The molecule has 0 spiro atoms. The fraction of sp³-hybridized carbons (Fsp3) is 0.474. The van der Waals surface area contributed by atoms with Crippen LogP contribution in [0.3, 0.4) is 0 Å². The highest BCUT2D eigenvalue weighted by atomic mass is 16.5. The van der Waals surface area contributed by atoms with Crippen LogP contribution in [0.25, 0.3) is 11.0 Å². The van der Waals surface area contributed by atoms with Gasteiger partial charge in [-0.05, 0) is 42.7 Å². The van der Waals surface area contributed by atoms with Gasteiger partial charge in [-0.3, -0.25) is 9.69 Å². The van der Waals surface area contributed by atoms with Crippen molar-refractivity contribution in [3.05, 3.63) is 45.3 Å². The van der Waals surface area contributed by atoms with E-state index in [1.54, 1.807) is 6.07 Å². The molecule has 4 rings (SSSR count). The Kier molecular flexibility index (Phi) is 4.09. The number of ether oxygens (including phenoxy) is 1. The summed E-state index contributed by atoms with van der Waals surface area (Å²) in [4.78, 5) is 26.4. The third-order valence-electron chi connectivity index (χ3n) is 5.15. The molecule has 25 heavy (non-hydrogen) atoms. The lowest BCUT2D eigenvalue weighted by Gasteiger charge is -2.27.